The number of carboxylic acids is 1. The zero-order chi connectivity index (χ0) is 27.8. The van der Waals surface area contributed by atoms with Crippen LogP contribution in [0, 0.1) is 5.41 Å². The molecule has 0 spiro atoms. The van der Waals surface area contributed by atoms with Crippen molar-refractivity contribution in [1.29, 1.82) is 0 Å². The third kappa shape index (κ3) is 6.19. The van der Waals surface area contributed by atoms with Gasteiger partial charge in [-0.05, 0) is 61.1 Å². The number of piperidine rings is 1. The van der Waals surface area contributed by atoms with Crippen molar-refractivity contribution < 1.29 is 23.1 Å². The molecule has 1 unspecified atom stereocenters. The topological polar surface area (TPSA) is 95.0 Å². The van der Waals surface area contributed by atoms with Gasteiger partial charge in [0.1, 0.15) is 0 Å². The van der Waals surface area contributed by atoms with E-state index in [4.69, 9.17) is 23.2 Å². The molecule has 1 N–H and O–H groups in total. The first kappa shape index (κ1) is 28.9. The minimum absolute atomic E-state index is 0.0675. The van der Waals surface area contributed by atoms with Crippen LogP contribution in [0.25, 0.3) is 0 Å². The average molecular weight is 582 g/mol. The van der Waals surface area contributed by atoms with Crippen LogP contribution in [-0.4, -0.2) is 59.5 Å². The Kier molecular flexibility index (Phi) is 8.48. The lowest BCUT2D eigenvalue weighted by molar-refractivity contribution is -0.160. The molecule has 0 bridgehead atoms. The van der Waals surface area contributed by atoms with Crippen LogP contribution in [0.15, 0.2) is 48.5 Å². The van der Waals surface area contributed by atoms with Gasteiger partial charge in [0.15, 0.2) is 0 Å². The Morgan fingerprint density at radius 3 is 2.32 bits per heavy atom. The summed E-state index contributed by atoms with van der Waals surface area (Å²) in [6.07, 6.45) is 3.26. The molecule has 4 rings (SSSR count). The summed E-state index contributed by atoms with van der Waals surface area (Å²) >= 11 is 12.6. The van der Waals surface area contributed by atoms with Gasteiger partial charge in [-0.1, -0.05) is 61.3 Å². The minimum Gasteiger partial charge on any atom is -0.481 e. The normalized spacial score (nSPS) is 25.0. The highest BCUT2D eigenvalue weighted by Crippen LogP contribution is 2.52. The number of benzene rings is 2. The minimum atomic E-state index is -3.50. The summed E-state index contributed by atoms with van der Waals surface area (Å²) in [4.78, 5) is 28.1. The Labute approximate surface area is 234 Å². The molecule has 0 aromatic heterocycles. The van der Waals surface area contributed by atoms with Crippen LogP contribution in [0.2, 0.25) is 10.0 Å². The second-order valence-corrected chi connectivity index (χ2v) is 13.6. The second-order valence-electron chi connectivity index (χ2n) is 10.8. The number of hydrogen-bond donors (Lipinski definition) is 1. The van der Waals surface area contributed by atoms with E-state index in [1.807, 2.05) is 37.3 Å². The first-order valence-corrected chi connectivity index (χ1v) is 15.5. The van der Waals surface area contributed by atoms with Crippen LogP contribution < -0.4 is 0 Å². The fourth-order valence-electron chi connectivity index (χ4n) is 5.82. The van der Waals surface area contributed by atoms with E-state index in [9.17, 15) is 23.1 Å². The molecule has 4 atom stereocenters. The lowest BCUT2D eigenvalue weighted by atomic mass is 9.67. The predicted molar refractivity (Wildman–Crippen MR) is 149 cm³/mol. The number of rotatable bonds is 10. The largest absolute Gasteiger partial charge is 0.481 e. The van der Waals surface area contributed by atoms with Crippen molar-refractivity contribution in [3.63, 3.8) is 0 Å². The second kappa shape index (κ2) is 11.2. The average Bonchev–Trinajstić information content (AvgIpc) is 3.66. The molecule has 1 amide bonds. The fraction of sp³-hybridized carbons (Fsp3) is 0.500. The first-order chi connectivity index (χ1) is 17.8. The summed E-state index contributed by atoms with van der Waals surface area (Å²) in [5, 5.41) is 10.9. The van der Waals surface area contributed by atoms with Gasteiger partial charge < -0.3 is 10.0 Å². The zero-order valence-corrected chi connectivity index (χ0v) is 24.1. The molecule has 10 heteroatoms. The van der Waals surface area contributed by atoms with Gasteiger partial charge in [0.25, 0.3) is 0 Å². The summed E-state index contributed by atoms with van der Waals surface area (Å²) in [7, 11) is -3.50. The zero-order valence-electron chi connectivity index (χ0n) is 21.8. The number of sulfonamides is 1. The van der Waals surface area contributed by atoms with E-state index in [0.29, 0.717) is 22.9 Å². The number of nitrogens with zero attached hydrogens (tertiary/aromatic N) is 2. The molecule has 2 aromatic rings. The molecular formula is C28H34Cl2N2O5S. The third-order valence-electron chi connectivity index (χ3n) is 7.77. The number of hydrogen-bond acceptors (Lipinski definition) is 4. The van der Waals surface area contributed by atoms with E-state index in [0.717, 1.165) is 24.0 Å². The summed E-state index contributed by atoms with van der Waals surface area (Å²) in [6.45, 7) is 3.79. The van der Waals surface area contributed by atoms with E-state index in [1.165, 1.54) is 10.6 Å². The lowest BCUT2D eigenvalue weighted by Crippen LogP contribution is -2.58. The lowest BCUT2D eigenvalue weighted by Gasteiger charge is -2.52. The van der Waals surface area contributed by atoms with Gasteiger partial charge in [0.2, 0.25) is 15.9 Å². The van der Waals surface area contributed by atoms with Crippen LogP contribution in [0.5, 0.6) is 0 Å². The molecule has 206 valence electrons. The van der Waals surface area contributed by atoms with Gasteiger partial charge in [-0.15, -0.1) is 0 Å². The Balaban J connectivity index is 1.89. The van der Waals surface area contributed by atoms with Crippen LogP contribution in [-0.2, 0) is 19.6 Å². The van der Waals surface area contributed by atoms with Gasteiger partial charge in [0, 0.05) is 34.6 Å². The molecular weight excluding hydrogens is 547 g/mol. The maximum Gasteiger partial charge on any atom is 0.304 e. The highest BCUT2D eigenvalue weighted by atomic mass is 35.5. The van der Waals surface area contributed by atoms with Crippen LogP contribution >= 0.6 is 23.2 Å². The van der Waals surface area contributed by atoms with Gasteiger partial charge in [0.05, 0.1) is 24.1 Å². The molecule has 1 saturated carbocycles. The maximum absolute atomic E-state index is 14.3. The molecule has 2 aromatic carbocycles. The SMILES string of the molecule is CCC(CN(C1CC1)S(C)(=O)=O)N1C(=O)[C@@](C)(CC(=O)O)C[C@H](c2cccc(Cl)c2)[C@H]1c1ccc(Cl)cc1. The van der Waals surface area contributed by atoms with Gasteiger partial charge >= 0.3 is 5.97 Å². The Bertz CT molecular complexity index is 1300. The van der Waals surface area contributed by atoms with Gasteiger partial charge in [-0.2, -0.15) is 4.31 Å². The highest BCUT2D eigenvalue weighted by Gasteiger charge is 2.53. The van der Waals surface area contributed by atoms with E-state index in [1.54, 1.807) is 30.0 Å². The molecule has 0 radical (unpaired) electrons. The van der Waals surface area contributed by atoms with E-state index >= 15 is 0 Å². The Hall–Kier alpha value is -2.13. The quantitative estimate of drug-likeness (QED) is 0.387. The number of halogens is 2. The molecule has 1 heterocycles. The molecule has 2 fully saturated rings. The summed E-state index contributed by atoms with van der Waals surface area (Å²) < 4.78 is 27.0. The van der Waals surface area contributed by atoms with Crippen molar-refractivity contribution in [1.82, 2.24) is 9.21 Å². The predicted octanol–water partition coefficient (Wildman–Crippen LogP) is 5.73. The standard InChI is InChI=1S/C28H34Cl2N2O5S/c1-4-22(17-31(23-12-13-23)38(3,36)37)32-26(18-8-10-20(29)11-9-18)24(19-6-5-7-21(30)14-19)15-28(2,27(32)35)16-25(33)34/h5-11,14,22-24,26H,4,12-13,15-17H2,1-3H3,(H,33,34)/t22?,24-,26-,28-/m1/s1. The van der Waals surface area contributed by atoms with E-state index in [2.05, 4.69) is 0 Å². The third-order valence-corrected chi connectivity index (χ3v) is 9.55. The highest BCUT2D eigenvalue weighted by molar-refractivity contribution is 7.88. The van der Waals surface area contributed by atoms with Crippen molar-refractivity contribution in [3.8, 4) is 0 Å². The molecule has 1 aliphatic carbocycles. The monoisotopic (exact) mass is 580 g/mol. The van der Waals surface area contributed by atoms with Crippen LogP contribution in [0.1, 0.15) is 69.0 Å². The maximum atomic E-state index is 14.3. The van der Waals surface area contributed by atoms with Crippen molar-refractivity contribution in [2.75, 3.05) is 12.8 Å². The Morgan fingerprint density at radius 1 is 1.13 bits per heavy atom. The van der Waals surface area contributed by atoms with Crippen molar-refractivity contribution >= 4 is 45.1 Å². The molecule has 1 saturated heterocycles. The summed E-state index contributed by atoms with van der Waals surface area (Å²) in [5.41, 5.74) is 0.550. The number of amides is 1. The number of likely N-dealkylation sites (tertiary alicyclic amines) is 1. The van der Waals surface area contributed by atoms with Crippen LogP contribution in [0.4, 0.5) is 0 Å². The molecule has 1 aliphatic heterocycles. The molecule has 7 nitrogen and oxygen atoms in total. The number of aliphatic carboxylic acids is 1. The number of carbonyl (C=O) groups excluding carboxylic acids is 1. The molecule has 38 heavy (non-hydrogen) atoms. The first-order valence-electron chi connectivity index (χ1n) is 12.9. The summed E-state index contributed by atoms with van der Waals surface area (Å²) in [6, 6.07) is 13.7. The molecule has 2 aliphatic rings. The van der Waals surface area contributed by atoms with Gasteiger partial charge in [-0.3, -0.25) is 9.59 Å². The van der Waals surface area contributed by atoms with Crippen LogP contribution in [0.3, 0.4) is 0 Å². The Morgan fingerprint density at radius 2 is 1.79 bits per heavy atom. The smallest absolute Gasteiger partial charge is 0.304 e. The van der Waals surface area contributed by atoms with Crippen molar-refractivity contribution in [2.45, 2.75) is 70.0 Å². The fourth-order valence-corrected chi connectivity index (χ4v) is 7.34. The van der Waals surface area contributed by atoms with Crippen molar-refractivity contribution in [3.05, 3.63) is 69.7 Å². The van der Waals surface area contributed by atoms with Gasteiger partial charge in [-0.25, -0.2) is 8.42 Å². The van der Waals surface area contributed by atoms with E-state index in [-0.39, 0.29) is 30.8 Å². The number of carboxylic acid groups (broad SMARTS) is 1. The summed E-state index contributed by atoms with van der Waals surface area (Å²) in [5.74, 6) is -1.62. The number of carbonyl (C=O) groups is 2. The van der Waals surface area contributed by atoms with E-state index < -0.39 is 33.5 Å². The van der Waals surface area contributed by atoms with Crippen molar-refractivity contribution in [2.24, 2.45) is 5.41 Å².